The average Bonchev–Trinajstić information content (AvgIpc) is 2.68. The fourth-order valence-corrected chi connectivity index (χ4v) is 1.22. The van der Waals surface area contributed by atoms with Gasteiger partial charge in [0.25, 0.3) is 0 Å². The summed E-state index contributed by atoms with van der Waals surface area (Å²) in [6.07, 6.45) is -4.55. The number of hydrogen-bond donors (Lipinski definition) is 1. The summed E-state index contributed by atoms with van der Waals surface area (Å²) < 4.78 is 65.7. The first-order chi connectivity index (χ1) is 8.14. The van der Waals surface area contributed by atoms with Crippen LogP contribution < -0.4 is 5.32 Å². The molecule has 0 aromatic carbocycles. The lowest BCUT2D eigenvalue weighted by Gasteiger charge is -2.21. The van der Waals surface area contributed by atoms with Crippen molar-refractivity contribution < 1.29 is 31.2 Å². The van der Waals surface area contributed by atoms with E-state index in [4.69, 9.17) is 4.42 Å². The van der Waals surface area contributed by atoms with Gasteiger partial charge in [0, 0.05) is 12.5 Å². The molecule has 18 heavy (non-hydrogen) atoms. The first-order valence-corrected chi connectivity index (χ1v) is 4.92. The van der Waals surface area contributed by atoms with Crippen LogP contribution in [0, 0.1) is 0 Å². The molecular formula is C10H10F5NO2. The van der Waals surface area contributed by atoms with Gasteiger partial charge in [-0.2, -0.15) is 22.0 Å². The maximum absolute atomic E-state index is 12.6. The molecule has 3 nitrogen and oxygen atoms in total. The van der Waals surface area contributed by atoms with E-state index in [0.717, 1.165) is 0 Å². The van der Waals surface area contributed by atoms with Crippen LogP contribution >= 0.6 is 0 Å². The number of nitrogens with one attached hydrogen (secondary N) is 1. The highest BCUT2D eigenvalue weighted by molar-refractivity contribution is 5.84. The minimum absolute atomic E-state index is 0.0205. The van der Waals surface area contributed by atoms with Crippen LogP contribution in [0.5, 0.6) is 0 Å². The first-order valence-electron chi connectivity index (χ1n) is 4.92. The zero-order chi connectivity index (χ0) is 14.0. The molecular weight excluding hydrogens is 261 g/mol. The van der Waals surface area contributed by atoms with Gasteiger partial charge in [0.05, 0.1) is 6.26 Å². The summed E-state index contributed by atoms with van der Waals surface area (Å²) in [6.45, 7) is 1.30. The van der Waals surface area contributed by atoms with E-state index in [0.29, 0.717) is 5.76 Å². The topological polar surface area (TPSA) is 42.2 Å². The number of halogens is 5. The third-order valence-electron chi connectivity index (χ3n) is 2.11. The summed E-state index contributed by atoms with van der Waals surface area (Å²) in [6, 6.07) is 2.15. The number of carbonyl (C=O) groups excluding carboxylic acids is 1. The lowest BCUT2D eigenvalue weighted by atomic mass is 10.2. The molecule has 1 amide bonds. The molecule has 0 radical (unpaired) electrons. The summed E-state index contributed by atoms with van der Waals surface area (Å²) in [5.41, 5.74) is 0. The summed E-state index contributed by atoms with van der Waals surface area (Å²) in [4.78, 5) is 10.8. The van der Waals surface area contributed by atoms with Gasteiger partial charge in [-0.15, -0.1) is 0 Å². The maximum Gasteiger partial charge on any atom is 0.463 e. The van der Waals surface area contributed by atoms with Crippen LogP contribution in [0.1, 0.15) is 12.7 Å². The number of amides is 1. The van der Waals surface area contributed by atoms with Gasteiger partial charge in [0.1, 0.15) is 5.76 Å². The fourth-order valence-electron chi connectivity index (χ4n) is 1.22. The molecule has 1 rings (SSSR count). The van der Waals surface area contributed by atoms with Crippen molar-refractivity contribution in [3.05, 3.63) is 24.2 Å². The quantitative estimate of drug-likeness (QED) is 0.855. The number of carbonyl (C=O) groups is 1. The third-order valence-corrected chi connectivity index (χ3v) is 2.11. The molecule has 0 aliphatic carbocycles. The molecule has 102 valence electrons. The number of alkyl halides is 5. The van der Waals surface area contributed by atoms with E-state index in [-0.39, 0.29) is 6.42 Å². The molecule has 1 N–H and O–H groups in total. The van der Waals surface area contributed by atoms with Crippen LogP contribution in [0.25, 0.3) is 0 Å². The third kappa shape index (κ3) is 3.21. The minimum atomic E-state index is -5.90. The molecule has 0 saturated carbocycles. The fraction of sp³-hybridized carbons (Fsp3) is 0.500. The van der Waals surface area contributed by atoms with Gasteiger partial charge in [0.2, 0.25) is 0 Å². The molecule has 8 heteroatoms. The van der Waals surface area contributed by atoms with Crippen LogP contribution in [0.4, 0.5) is 22.0 Å². The molecule has 0 aliphatic heterocycles. The zero-order valence-electron chi connectivity index (χ0n) is 9.22. The predicted octanol–water partition coefficient (Wildman–Crippen LogP) is 2.52. The van der Waals surface area contributed by atoms with Crippen molar-refractivity contribution in [1.29, 1.82) is 0 Å². The highest BCUT2D eigenvalue weighted by atomic mass is 19.4. The second-order valence-corrected chi connectivity index (χ2v) is 3.73. The van der Waals surface area contributed by atoms with Crippen LogP contribution in [0.15, 0.2) is 22.8 Å². The second-order valence-electron chi connectivity index (χ2n) is 3.73. The van der Waals surface area contributed by atoms with Crippen LogP contribution in [-0.2, 0) is 11.2 Å². The van der Waals surface area contributed by atoms with E-state index in [9.17, 15) is 26.7 Å². The van der Waals surface area contributed by atoms with E-state index in [1.807, 2.05) is 0 Å². The minimum Gasteiger partial charge on any atom is -0.469 e. The van der Waals surface area contributed by atoms with Crippen molar-refractivity contribution in [2.75, 3.05) is 0 Å². The molecule has 0 bridgehead atoms. The van der Waals surface area contributed by atoms with Crippen molar-refractivity contribution in [2.45, 2.75) is 31.5 Å². The van der Waals surface area contributed by atoms with Crippen LogP contribution in [0.2, 0.25) is 0 Å². The molecule has 1 atom stereocenters. The van der Waals surface area contributed by atoms with Gasteiger partial charge in [-0.05, 0) is 19.1 Å². The molecule has 0 aliphatic rings. The highest BCUT2D eigenvalue weighted by Gasteiger charge is 2.63. The molecule has 1 heterocycles. The summed E-state index contributed by atoms with van der Waals surface area (Å²) >= 11 is 0. The largest absolute Gasteiger partial charge is 0.469 e. The number of rotatable bonds is 4. The first kappa shape index (κ1) is 14.5. The highest BCUT2D eigenvalue weighted by Crippen LogP contribution is 2.35. The van der Waals surface area contributed by atoms with E-state index < -0.39 is 24.0 Å². The number of furan rings is 1. The van der Waals surface area contributed by atoms with Crippen molar-refractivity contribution in [1.82, 2.24) is 5.32 Å². The Morgan fingerprint density at radius 3 is 2.44 bits per heavy atom. The molecule has 1 aromatic heterocycles. The van der Waals surface area contributed by atoms with E-state index in [1.165, 1.54) is 25.3 Å². The zero-order valence-corrected chi connectivity index (χ0v) is 9.22. The SMILES string of the molecule is CC(Cc1ccco1)NC(=O)C(F)(F)C(F)(F)F. The van der Waals surface area contributed by atoms with Crippen molar-refractivity contribution >= 4 is 5.91 Å². The van der Waals surface area contributed by atoms with Crippen LogP contribution in [0.3, 0.4) is 0 Å². The smallest absolute Gasteiger partial charge is 0.463 e. The molecule has 1 unspecified atom stereocenters. The molecule has 0 fully saturated rings. The van der Waals surface area contributed by atoms with Crippen molar-refractivity contribution in [3.8, 4) is 0 Å². The Bertz CT molecular complexity index is 399. The van der Waals surface area contributed by atoms with Crippen molar-refractivity contribution in [2.24, 2.45) is 0 Å². The Hall–Kier alpha value is -1.60. The van der Waals surface area contributed by atoms with Gasteiger partial charge in [-0.1, -0.05) is 0 Å². The Morgan fingerprint density at radius 2 is 2.00 bits per heavy atom. The summed E-state index contributed by atoms with van der Waals surface area (Å²) in [5.74, 6) is -7.39. The van der Waals surface area contributed by atoms with Gasteiger partial charge in [-0.3, -0.25) is 4.79 Å². The Kier molecular flexibility index (Phi) is 3.98. The average molecular weight is 271 g/mol. The Balaban J connectivity index is 2.59. The Morgan fingerprint density at radius 1 is 1.39 bits per heavy atom. The normalized spacial score (nSPS) is 14.3. The van der Waals surface area contributed by atoms with Gasteiger partial charge < -0.3 is 9.73 Å². The van der Waals surface area contributed by atoms with Crippen molar-refractivity contribution in [3.63, 3.8) is 0 Å². The van der Waals surface area contributed by atoms with E-state index in [1.54, 1.807) is 5.32 Å². The monoisotopic (exact) mass is 271 g/mol. The summed E-state index contributed by atoms with van der Waals surface area (Å²) in [7, 11) is 0. The Labute approximate surface area is 99.0 Å². The lowest BCUT2D eigenvalue weighted by Crippen LogP contribution is -2.52. The molecule has 1 aromatic rings. The van der Waals surface area contributed by atoms with Gasteiger partial charge >= 0.3 is 18.0 Å². The maximum atomic E-state index is 12.6. The second kappa shape index (κ2) is 4.95. The van der Waals surface area contributed by atoms with Gasteiger partial charge in [0.15, 0.2) is 0 Å². The van der Waals surface area contributed by atoms with Gasteiger partial charge in [-0.25, -0.2) is 0 Å². The van der Waals surface area contributed by atoms with Crippen LogP contribution in [-0.4, -0.2) is 24.0 Å². The molecule has 0 spiro atoms. The van der Waals surface area contributed by atoms with E-state index >= 15 is 0 Å². The molecule has 0 saturated heterocycles. The summed E-state index contributed by atoms with van der Waals surface area (Å²) in [5, 5.41) is 1.60. The number of hydrogen-bond acceptors (Lipinski definition) is 2. The predicted molar refractivity (Wildman–Crippen MR) is 51.0 cm³/mol. The van der Waals surface area contributed by atoms with E-state index in [2.05, 4.69) is 0 Å². The standard InChI is InChI=1S/C10H10F5NO2/c1-6(5-7-3-2-4-18-7)16-8(17)9(11,12)10(13,14)15/h2-4,6H,5H2,1H3,(H,16,17). The lowest BCUT2D eigenvalue weighted by molar-refractivity contribution is -0.270.